The maximum Gasteiger partial charge on any atom is 0.119 e. The minimum Gasteiger partial charge on any atom is -0.303 e. The Balaban J connectivity index is 0. The minimum atomic E-state index is 0. The zero-order chi connectivity index (χ0) is 4.83. The first kappa shape index (κ1) is 10.4. The quantitative estimate of drug-likeness (QED) is 0.363. The zero-order valence-corrected chi connectivity index (χ0v) is 6.75. The Morgan fingerprint density at radius 2 is 2.14 bits per heavy atom. The maximum atomic E-state index is 9.56. The van der Waals surface area contributed by atoms with Gasteiger partial charge in [-0.15, -0.1) is 0 Å². The van der Waals surface area contributed by atoms with Crippen molar-refractivity contribution in [2.45, 2.75) is 26.2 Å². The Morgan fingerprint density at radius 3 is 2.29 bits per heavy atom. The first-order chi connectivity index (χ1) is 2.91. The van der Waals surface area contributed by atoms with Gasteiger partial charge in [-0.25, -0.2) is 0 Å². The Bertz CT molecular complexity index is 37.1. The monoisotopic (exact) mass is 179 g/mol. The van der Waals surface area contributed by atoms with E-state index in [-0.39, 0.29) is 22.4 Å². The predicted octanol–water partition coefficient (Wildman–Crippen LogP) is 1.37. The van der Waals surface area contributed by atoms with E-state index in [4.69, 9.17) is 0 Å². The van der Waals surface area contributed by atoms with Crippen molar-refractivity contribution in [2.24, 2.45) is 0 Å². The van der Waals surface area contributed by atoms with Crippen molar-refractivity contribution in [1.29, 1.82) is 0 Å². The van der Waals surface area contributed by atoms with Crippen molar-refractivity contribution in [2.75, 3.05) is 0 Å². The normalized spacial score (nSPS) is 7.00. The molecule has 0 aliphatic heterocycles. The summed E-state index contributed by atoms with van der Waals surface area (Å²) in [6.07, 6.45) is 3.86. The first-order valence-corrected chi connectivity index (χ1v) is 2.35. The molecule has 0 unspecified atom stereocenters. The smallest absolute Gasteiger partial charge is 0.119 e. The van der Waals surface area contributed by atoms with Crippen LogP contribution in [0.4, 0.5) is 0 Å². The summed E-state index contributed by atoms with van der Waals surface area (Å²) in [5.74, 6) is 0. The number of rotatable bonds is 3. The molecular weight excluding hydrogens is 169 g/mol. The molecule has 0 aliphatic rings. The largest absolute Gasteiger partial charge is 0.303 e. The SMILES string of the molecule is CCCCC=O.[Nb]. The van der Waals surface area contributed by atoms with Crippen molar-refractivity contribution < 1.29 is 27.2 Å². The van der Waals surface area contributed by atoms with Gasteiger partial charge < -0.3 is 4.79 Å². The molecule has 0 bridgehead atoms. The van der Waals surface area contributed by atoms with Gasteiger partial charge in [0.25, 0.3) is 0 Å². The molecule has 0 atom stereocenters. The van der Waals surface area contributed by atoms with Crippen LogP contribution in [0.15, 0.2) is 0 Å². The third kappa shape index (κ3) is 10.7. The van der Waals surface area contributed by atoms with Crippen molar-refractivity contribution in [3.63, 3.8) is 0 Å². The fourth-order valence-corrected chi connectivity index (χ4v) is 0.287. The standard InChI is InChI=1S/C5H10O.Nb/c1-2-3-4-5-6;/h5H,2-4H2,1H3;. The van der Waals surface area contributed by atoms with Crippen LogP contribution in [0.2, 0.25) is 0 Å². The third-order valence-electron chi connectivity index (χ3n) is 0.676. The summed E-state index contributed by atoms with van der Waals surface area (Å²) < 4.78 is 0. The van der Waals surface area contributed by atoms with Crippen LogP contribution >= 0.6 is 0 Å². The van der Waals surface area contributed by atoms with Gasteiger partial charge in [0, 0.05) is 28.8 Å². The summed E-state index contributed by atoms with van der Waals surface area (Å²) in [5.41, 5.74) is 0. The van der Waals surface area contributed by atoms with Crippen molar-refractivity contribution in [3.05, 3.63) is 0 Å². The molecule has 0 saturated heterocycles. The molecule has 7 heavy (non-hydrogen) atoms. The van der Waals surface area contributed by atoms with E-state index in [1.54, 1.807) is 0 Å². The Labute approximate surface area is 60.0 Å². The Morgan fingerprint density at radius 1 is 1.57 bits per heavy atom. The van der Waals surface area contributed by atoms with E-state index in [9.17, 15) is 4.79 Å². The summed E-state index contributed by atoms with van der Waals surface area (Å²) in [6, 6.07) is 0. The molecule has 1 radical (unpaired) electrons. The molecule has 0 spiro atoms. The van der Waals surface area contributed by atoms with Crippen LogP contribution in [0.25, 0.3) is 0 Å². The van der Waals surface area contributed by atoms with Gasteiger partial charge in [-0.2, -0.15) is 0 Å². The second kappa shape index (κ2) is 9.65. The molecule has 0 heterocycles. The summed E-state index contributed by atoms with van der Waals surface area (Å²) >= 11 is 0. The van der Waals surface area contributed by atoms with Gasteiger partial charge in [-0.3, -0.25) is 0 Å². The molecule has 0 N–H and O–H groups in total. The second-order valence-electron chi connectivity index (χ2n) is 1.31. The van der Waals surface area contributed by atoms with Crippen LogP contribution in [0.1, 0.15) is 26.2 Å². The van der Waals surface area contributed by atoms with E-state index in [0.29, 0.717) is 0 Å². The van der Waals surface area contributed by atoms with Crippen molar-refractivity contribution in [3.8, 4) is 0 Å². The molecule has 0 aromatic rings. The van der Waals surface area contributed by atoms with Crippen LogP contribution in [-0.2, 0) is 27.2 Å². The first-order valence-electron chi connectivity index (χ1n) is 2.35. The summed E-state index contributed by atoms with van der Waals surface area (Å²) in [7, 11) is 0. The van der Waals surface area contributed by atoms with E-state index in [0.717, 1.165) is 25.5 Å². The van der Waals surface area contributed by atoms with Gasteiger partial charge in [-0.05, 0) is 6.42 Å². The number of carbonyl (C=O) groups excluding carboxylic acids is 1. The molecule has 0 amide bonds. The molecule has 0 fully saturated rings. The summed E-state index contributed by atoms with van der Waals surface area (Å²) in [6.45, 7) is 2.07. The fraction of sp³-hybridized carbons (Fsp3) is 0.800. The van der Waals surface area contributed by atoms with Gasteiger partial charge in [0.15, 0.2) is 0 Å². The van der Waals surface area contributed by atoms with Gasteiger partial charge in [-0.1, -0.05) is 13.3 Å². The van der Waals surface area contributed by atoms with Crippen LogP contribution in [-0.4, -0.2) is 6.29 Å². The topological polar surface area (TPSA) is 17.1 Å². The number of hydrogen-bond donors (Lipinski definition) is 0. The second-order valence-corrected chi connectivity index (χ2v) is 1.31. The molecule has 0 rings (SSSR count). The van der Waals surface area contributed by atoms with Crippen molar-refractivity contribution >= 4 is 6.29 Å². The molecule has 0 aromatic carbocycles. The number of aldehydes is 1. The minimum absolute atomic E-state index is 0. The molecule has 2 heteroatoms. The summed E-state index contributed by atoms with van der Waals surface area (Å²) in [5, 5.41) is 0. The van der Waals surface area contributed by atoms with Crippen LogP contribution in [0.3, 0.4) is 0 Å². The molecule has 0 aromatic heterocycles. The molecular formula is C5H10NbO. The van der Waals surface area contributed by atoms with Crippen LogP contribution < -0.4 is 0 Å². The van der Waals surface area contributed by atoms with E-state index in [1.165, 1.54) is 0 Å². The van der Waals surface area contributed by atoms with Gasteiger partial charge >= 0.3 is 0 Å². The molecule has 41 valence electrons. The number of unbranched alkanes of at least 4 members (excludes halogenated alkanes) is 2. The van der Waals surface area contributed by atoms with Gasteiger partial charge in [0.05, 0.1) is 0 Å². The van der Waals surface area contributed by atoms with Crippen LogP contribution in [0.5, 0.6) is 0 Å². The molecule has 1 nitrogen and oxygen atoms in total. The zero-order valence-electron chi connectivity index (χ0n) is 4.55. The van der Waals surface area contributed by atoms with Crippen LogP contribution in [0, 0.1) is 0 Å². The fourth-order valence-electron chi connectivity index (χ4n) is 0.287. The number of carbonyl (C=O) groups is 1. The third-order valence-corrected chi connectivity index (χ3v) is 0.676. The Kier molecular flexibility index (Phi) is 14.3. The van der Waals surface area contributed by atoms with Crippen molar-refractivity contribution in [1.82, 2.24) is 0 Å². The summed E-state index contributed by atoms with van der Waals surface area (Å²) in [4.78, 5) is 9.56. The average Bonchev–Trinajstić information content (AvgIpc) is 1.61. The average molecular weight is 179 g/mol. The molecule has 0 aliphatic carbocycles. The van der Waals surface area contributed by atoms with E-state index in [1.807, 2.05) is 0 Å². The maximum absolute atomic E-state index is 9.56. The van der Waals surface area contributed by atoms with E-state index in [2.05, 4.69) is 6.92 Å². The Hall–Kier alpha value is 0.410. The number of hydrogen-bond acceptors (Lipinski definition) is 1. The van der Waals surface area contributed by atoms with Gasteiger partial charge in [0.2, 0.25) is 0 Å². The van der Waals surface area contributed by atoms with Gasteiger partial charge in [0.1, 0.15) is 6.29 Å². The van der Waals surface area contributed by atoms with E-state index >= 15 is 0 Å². The predicted molar refractivity (Wildman–Crippen MR) is 25.6 cm³/mol. The molecule has 0 saturated carbocycles. The van der Waals surface area contributed by atoms with E-state index < -0.39 is 0 Å².